The fourth-order valence-corrected chi connectivity index (χ4v) is 1.73. The lowest BCUT2D eigenvalue weighted by atomic mass is 10.2. The third kappa shape index (κ3) is 2.32. The van der Waals surface area contributed by atoms with Crippen LogP contribution in [0.25, 0.3) is 0 Å². The van der Waals surface area contributed by atoms with Gasteiger partial charge in [0, 0.05) is 11.3 Å². The second kappa shape index (κ2) is 4.23. The molecule has 1 heterocycles. The summed E-state index contributed by atoms with van der Waals surface area (Å²) in [5.74, 6) is -0.300. The number of amides is 1. The number of hydrogen-bond donors (Lipinski definition) is 2. The van der Waals surface area contributed by atoms with Gasteiger partial charge >= 0.3 is 0 Å². The molecule has 66 valence electrons. The van der Waals surface area contributed by atoms with Gasteiger partial charge in [-0.1, -0.05) is 6.07 Å². The Morgan fingerprint density at radius 2 is 2.58 bits per heavy atom. The van der Waals surface area contributed by atoms with Crippen molar-refractivity contribution in [1.82, 2.24) is 5.32 Å². The molecule has 0 bridgehead atoms. The fourth-order valence-electron chi connectivity index (χ4n) is 0.975. The SMILES string of the molecule is CNC(Cc1cccs1)C(N)=O. The van der Waals surface area contributed by atoms with Gasteiger partial charge in [0.05, 0.1) is 6.04 Å². The summed E-state index contributed by atoms with van der Waals surface area (Å²) in [4.78, 5) is 12.0. The van der Waals surface area contributed by atoms with Crippen molar-refractivity contribution in [2.75, 3.05) is 7.05 Å². The number of thiophene rings is 1. The van der Waals surface area contributed by atoms with E-state index >= 15 is 0 Å². The van der Waals surface area contributed by atoms with Crippen LogP contribution in [-0.4, -0.2) is 19.0 Å². The van der Waals surface area contributed by atoms with Gasteiger partial charge in [-0.3, -0.25) is 4.79 Å². The Hall–Kier alpha value is -0.870. The molecular weight excluding hydrogens is 172 g/mol. The minimum atomic E-state index is -0.300. The Balaban J connectivity index is 2.54. The number of nitrogens with two attached hydrogens (primary N) is 1. The molecule has 0 saturated heterocycles. The molecule has 1 aromatic rings. The molecular formula is C8H12N2OS. The van der Waals surface area contributed by atoms with Gasteiger partial charge in [-0.25, -0.2) is 0 Å². The van der Waals surface area contributed by atoms with Crippen LogP contribution >= 0.6 is 11.3 Å². The number of rotatable bonds is 4. The van der Waals surface area contributed by atoms with Gasteiger partial charge in [0.1, 0.15) is 0 Å². The van der Waals surface area contributed by atoms with E-state index in [0.29, 0.717) is 6.42 Å². The molecule has 0 radical (unpaired) electrons. The molecule has 1 unspecified atom stereocenters. The Morgan fingerprint density at radius 1 is 1.83 bits per heavy atom. The highest BCUT2D eigenvalue weighted by Crippen LogP contribution is 2.10. The summed E-state index contributed by atoms with van der Waals surface area (Å²) < 4.78 is 0. The van der Waals surface area contributed by atoms with E-state index in [9.17, 15) is 4.79 Å². The van der Waals surface area contributed by atoms with Crippen LogP contribution in [0.1, 0.15) is 4.88 Å². The normalized spacial score (nSPS) is 12.8. The van der Waals surface area contributed by atoms with Gasteiger partial charge in [-0.15, -0.1) is 11.3 Å². The van der Waals surface area contributed by atoms with Crippen LogP contribution in [0.5, 0.6) is 0 Å². The minimum Gasteiger partial charge on any atom is -0.368 e. The standard InChI is InChI=1S/C8H12N2OS/c1-10-7(8(9)11)5-6-3-2-4-12-6/h2-4,7,10H,5H2,1H3,(H2,9,11). The van der Waals surface area contributed by atoms with E-state index in [4.69, 9.17) is 5.73 Å². The monoisotopic (exact) mass is 184 g/mol. The summed E-state index contributed by atoms with van der Waals surface area (Å²) in [6.07, 6.45) is 0.684. The quantitative estimate of drug-likeness (QED) is 0.710. The van der Waals surface area contributed by atoms with Crippen molar-refractivity contribution in [3.05, 3.63) is 22.4 Å². The molecule has 4 heteroatoms. The zero-order chi connectivity index (χ0) is 8.97. The van der Waals surface area contributed by atoms with Crippen LogP contribution in [0.3, 0.4) is 0 Å². The van der Waals surface area contributed by atoms with Gasteiger partial charge in [0.2, 0.25) is 5.91 Å². The zero-order valence-corrected chi connectivity index (χ0v) is 7.73. The van der Waals surface area contributed by atoms with Gasteiger partial charge in [0.25, 0.3) is 0 Å². The lowest BCUT2D eigenvalue weighted by Crippen LogP contribution is -2.40. The summed E-state index contributed by atoms with van der Waals surface area (Å²) in [7, 11) is 1.74. The average molecular weight is 184 g/mol. The third-order valence-corrected chi connectivity index (χ3v) is 2.58. The Morgan fingerprint density at radius 3 is 3.00 bits per heavy atom. The zero-order valence-electron chi connectivity index (χ0n) is 6.91. The van der Waals surface area contributed by atoms with E-state index < -0.39 is 0 Å². The Kier molecular flexibility index (Phi) is 3.25. The fraction of sp³-hybridized carbons (Fsp3) is 0.375. The number of primary amides is 1. The highest BCUT2D eigenvalue weighted by atomic mass is 32.1. The van der Waals surface area contributed by atoms with Gasteiger partial charge < -0.3 is 11.1 Å². The second-order valence-corrected chi connectivity index (χ2v) is 3.56. The molecule has 0 saturated carbocycles. The van der Waals surface area contributed by atoms with Crippen molar-refractivity contribution in [3.63, 3.8) is 0 Å². The summed E-state index contributed by atoms with van der Waals surface area (Å²) in [6.45, 7) is 0. The van der Waals surface area contributed by atoms with Crippen LogP contribution in [0.2, 0.25) is 0 Å². The molecule has 0 aliphatic rings. The van der Waals surface area contributed by atoms with Crippen LogP contribution in [0, 0.1) is 0 Å². The molecule has 0 fully saturated rings. The van der Waals surface area contributed by atoms with Crippen LogP contribution in [0.15, 0.2) is 17.5 Å². The molecule has 0 aliphatic heterocycles. The second-order valence-electron chi connectivity index (χ2n) is 2.53. The summed E-state index contributed by atoms with van der Waals surface area (Å²) in [5.41, 5.74) is 5.17. The van der Waals surface area contributed by atoms with Crippen LogP contribution < -0.4 is 11.1 Å². The van der Waals surface area contributed by atoms with Crippen LogP contribution in [-0.2, 0) is 11.2 Å². The van der Waals surface area contributed by atoms with Crippen LogP contribution in [0.4, 0.5) is 0 Å². The first kappa shape index (κ1) is 9.22. The van der Waals surface area contributed by atoms with E-state index in [1.807, 2.05) is 17.5 Å². The maximum Gasteiger partial charge on any atom is 0.234 e. The largest absolute Gasteiger partial charge is 0.368 e. The highest BCUT2D eigenvalue weighted by Gasteiger charge is 2.12. The molecule has 0 aromatic carbocycles. The first-order valence-corrected chi connectivity index (χ1v) is 4.61. The summed E-state index contributed by atoms with van der Waals surface area (Å²) in [6, 6.07) is 3.72. The van der Waals surface area contributed by atoms with E-state index in [0.717, 1.165) is 0 Å². The van der Waals surface area contributed by atoms with Crippen molar-refractivity contribution < 1.29 is 4.79 Å². The number of nitrogens with one attached hydrogen (secondary N) is 1. The Bertz CT molecular complexity index is 246. The molecule has 1 amide bonds. The maximum absolute atomic E-state index is 10.8. The Labute approximate surface area is 75.6 Å². The predicted molar refractivity (Wildman–Crippen MR) is 50.1 cm³/mol. The lowest BCUT2D eigenvalue weighted by Gasteiger charge is -2.09. The molecule has 12 heavy (non-hydrogen) atoms. The van der Waals surface area contributed by atoms with Crippen molar-refractivity contribution in [3.8, 4) is 0 Å². The highest BCUT2D eigenvalue weighted by molar-refractivity contribution is 7.09. The van der Waals surface area contributed by atoms with Crippen molar-refractivity contribution in [2.45, 2.75) is 12.5 Å². The first-order chi connectivity index (χ1) is 5.74. The third-order valence-electron chi connectivity index (χ3n) is 1.68. The molecule has 3 N–H and O–H groups in total. The van der Waals surface area contributed by atoms with E-state index in [-0.39, 0.29) is 11.9 Å². The number of carbonyl (C=O) groups is 1. The summed E-state index contributed by atoms with van der Waals surface area (Å²) >= 11 is 1.64. The van der Waals surface area contributed by atoms with Gasteiger partial charge in [0.15, 0.2) is 0 Å². The molecule has 3 nitrogen and oxygen atoms in total. The lowest BCUT2D eigenvalue weighted by molar-refractivity contribution is -0.119. The molecule has 1 atom stereocenters. The first-order valence-electron chi connectivity index (χ1n) is 3.73. The smallest absolute Gasteiger partial charge is 0.234 e. The topological polar surface area (TPSA) is 55.1 Å². The van der Waals surface area contributed by atoms with Crippen molar-refractivity contribution >= 4 is 17.2 Å². The van der Waals surface area contributed by atoms with Gasteiger partial charge in [-0.2, -0.15) is 0 Å². The van der Waals surface area contributed by atoms with Crippen molar-refractivity contribution in [2.24, 2.45) is 5.73 Å². The molecule has 0 spiro atoms. The van der Waals surface area contributed by atoms with Crippen molar-refractivity contribution in [1.29, 1.82) is 0 Å². The summed E-state index contributed by atoms with van der Waals surface area (Å²) in [5, 5.41) is 4.86. The number of hydrogen-bond acceptors (Lipinski definition) is 3. The van der Waals surface area contributed by atoms with Gasteiger partial charge in [-0.05, 0) is 18.5 Å². The molecule has 1 aromatic heterocycles. The number of carbonyl (C=O) groups excluding carboxylic acids is 1. The average Bonchev–Trinajstić information content (AvgIpc) is 2.51. The minimum absolute atomic E-state index is 0.247. The predicted octanol–water partition coefficient (Wildman–Crippen LogP) is 0.364. The molecule has 1 rings (SSSR count). The molecule has 0 aliphatic carbocycles. The van der Waals surface area contributed by atoms with E-state index in [1.165, 1.54) is 4.88 Å². The van der Waals surface area contributed by atoms with E-state index in [1.54, 1.807) is 18.4 Å². The number of likely N-dealkylation sites (N-methyl/N-ethyl adjacent to an activating group) is 1. The van der Waals surface area contributed by atoms with E-state index in [2.05, 4.69) is 5.32 Å². The maximum atomic E-state index is 10.8.